The summed E-state index contributed by atoms with van der Waals surface area (Å²) in [4.78, 5) is 3.81. The van der Waals surface area contributed by atoms with Gasteiger partial charge in [-0.3, -0.25) is 0 Å². The number of nitrogens with two attached hydrogens (primary N) is 1. The maximum atomic E-state index is 12.5. The van der Waals surface area contributed by atoms with Gasteiger partial charge >= 0.3 is 0 Å². The van der Waals surface area contributed by atoms with Gasteiger partial charge in [0.1, 0.15) is 5.82 Å². The summed E-state index contributed by atoms with van der Waals surface area (Å²) in [5.41, 5.74) is 5.59. The number of rotatable bonds is 6. The largest absolute Gasteiger partial charge is 0.477 e. The molecule has 1 atom stereocenters. The zero-order chi connectivity index (χ0) is 11.1. The Morgan fingerprint density at radius 2 is 2.33 bits per heavy atom. The third-order valence-corrected chi connectivity index (χ3v) is 2.20. The van der Waals surface area contributed by atoms with Gasteiger partial charge in [0.15, 0.2) is 0 Å². The molecule has 0 aliphatic carbocycles. The lowest BCUT2D eigenvalue weighted by molar-refractivity contribution is 0.235. The lowest BCUT2D eigenvalue weighted by atomic mass is 10.1. The van der Waals surface area contributed by atoms with Gasteiger partial charge in [0.25, 0.3) is 0 Å². The van der Waals surface area contributed by atoms with Crippen molar-refractivity contribution in [3.8, 4) is 5.88 Å². The van der Waals surface area contributed by atoms with E-state index < -0.39 is 0 Å². The summed E-state index contributed by atoms with van der Waals surface area (Å²) < 4.78 is 17.9. The molecule has 0 bridgehead atoms. The van der Waals surface area contributed by atoms with Gasteiger partial charge in [0.2, 0.25) is 5.88 Å². The number of halogens is 1. The molecule has 4 heteroatoms. The van der Waals surface area contributed by atoms with Crippen LogP contribution in [0, 0.1) is 11.7 Å². The van der Waals surface area contributed by atoms with E-state index in [4.69, 9.17) is 10.5 Å². The molecule has 1 unspecified atom stereocenters. The highest BCUT2D eigenvalue weighted by atomic mass is 19.1. The third kappa shape index (κ3) is 4.25. The smallest absolute Gasteiger partial charge is 0.213 e. The average molecular weight is 212 g/mol. The fourth-order valence-corrected chi connectivity index (χ4v) is 1.33. The molecule has 84 valence electrons. The molecular weight excluding hydrogens is 195 g/mol. The van der Waals surface area contributed by atoms with Gasteiger partial charge in [-0.05, 0) is 19.0 Å². The number of nitrogens with zero attached hydrogens (tertiary/aromatic N) is 1. The zero-order valence-corrected chi connectivity index (χ0v) is 8.95. The first-order valence-electron chi connectivity index (χ1n) is 5.20. The summed E-state index contributed by atoms with van der Waals surface area (Å²) >= 11 is 0. The van der Waals surface area contributed by atoms with E-state index in [1.807, 2.05) is 0 Å². The highest BCUT2D eigenvalue weighted by Crippen LogP contribution is 2.10. The van der Waals surface area contributed by atoms with E-state index in [0.717, 1.165) is 19.0 Å². The molecule has 0 aliphatic rings. The van der Waals surface area contributed by atoms with Crippen molar-refractivity contribution in [2.45, 2.75) is 19.8 Å². The molecule has 0 spiro atoms. The Hall–Kier alpha value is -1.16. The van der Waals surface area contributed by atoms with Crippen LogP contribution in [0.1, 0.15) is 19.8 Å². The van der Waals surface area contributed by atoms with Crippen molar-refractivity contribution in [3.63, 3.8) is 0 Å². The monoisotopic (exact) mass is 212 g/mol. The molecule has 0 amide bonds. The van der Waals surface area contributed by atoms with E-state index in [9.17, 15) is 4.39 Å². The molecule has 0 saturated heterocycles. The van der Waals surface area contributed by atoms with Crippen LogP contribution in [-0.4, -0.2) is 18.1 Å². The fourth-order valence-electron chi connectivity index (χ4n) is 1.33. The molecule has 0 fully saturated rings. The van der Waals surface area contributed by atoms with Crippen LogP contribution in [0.3, 0.4) is 0 Å². The summed E-state index contributed by atoms with van der Waals surface area (Å²) in [5, 5.41) is 0. The Bertz CT molecular complexity index is 276. The quantitative estimate of drug-likeness (QED) is 0.784. The maximum Gasteiger partial charge on any atom is 0.213 e. The highest BCUT2D eigenvalue weighted by Gasteiger charge is 2.06. The summed E-state index contributed by atoms with van der Waals surface area (Å²) in [6, 6.07) is 2.86. The Balaban J connectivity index is 2.38. The molecule has 1 rings (SSSR count). The summed E-state index contributed by atoms with van der Waals surface area (Å²) in [6.07, 6.45) is 3.27. The molecule has 3 nitrogen and oxygen atoms in total. The second-order valence-corrected chi connectivity index (χ2v) is 3.52. The molecule has 0 saturated carbocycles. The lowest BCUT2D eigenvalue weighted by Crippen LogP contribution is -2.21. The predicted molar refractivity (Wildman–Crippen MR) is 57.1 cm³/mol. The van der Waals surface area contributed by atoms with Gasteiger partial charge in [-0.1, -0.05) is 13.3 Å². The number of pyridine rings is 1. The zero-order valence-electron chi connectivity index (χ0n) is 8.95. The molecular formula is C11H17FN2O. The molecule has 2 N–H and O–H groups in total. The standard InChI is InChI=1S/C11H17FN2O/c1-2-3-9(6-13)8-15-11-5-4-10(12)7-14-11/h4-5,7,9H,2-3,6,8,13H2,1H3. The second-order valence-electron chi connectivity index (χ2n) is 3.52. The fraction of sp³-hybridized carbons (Fsp3) is 0.545. The van der Waals surface area contributed by atoms with Gasteiger partial charge in [-0.25, -0.2) is 9.37 Å². The Morgan fingerprint density at radius 1 is 1.53 bits per heavy atom. The SMILES string of the molecule is CCCC(CN)COc1ccc(F)cn1. The van der Waals surface area contributed by atoms with Crippen LogP contribution in [0.4, 0.5) is 4.39 Å². The second kappa shape index (κ2) is 6.35. The molecule has 1 aromatic rings. The van der Waals surface area contributed by atoms with Crippen LogP contribution < -0.4 is 10.5 Å². The highest BCUT2D eigenvalue weighted by molar-refractivity contribution is 5.10. The molecule has 15 heavy (non-hydrogen) atoms. The summed E-state index contributed by atoms with van der Waals surface area (Å²) in [7, 11) is 0. The molecule has 1 aromatic heterocycles. The Labute approximate surface area is 89.5 Å². The number of aromatic nitrogens is 1. The van der Waals surface area contributed by atoms with Crippen molar-refractivity contribution in [2.24, 2.45) is 11.7 Å². The minimum atomic E-state index is -0.355. The lowest BCUT2D eigenvalue weighted by Gasteiger charge is -2.13. The van der Waals surface area contributed by atoms with Crippen molar-refractivity contribution in [1.29, 1.82) is 0 Å². The van der Waals surface area contributed by atoms with E-state index in [1.165, 1.54) is 12.1 Å². The van der Waals surface area contributed by atoms with Crippen LogP contribution in [-0.2, 0) is 0 Å². The van der Waals surface area contributed by atoms with Crippen molar-refractivity contribution in [3.05, 3.63) is 24.1 Å². The van der Waals surface area contributed by atoms with E-state index in [2.05, 4.69) is 11.9 Å². The van der Waals surface area contributed by atoms with Crippen molar-refractivity contribution in [1.82, 2.24) is 4.98 Å². The molecule has 0 aliphatic heterocycles. The predicted octanol–water partition coefficient (Wildman–Crippen LogP) is 1.97. The van der Waals surface area contributed by atoms with E-state index in [1.54, 1.807) is 0 Å². The first-order valence-corrected chi connectivity index (χ1v) is 5.20. The van der Waals surface area contributed by atoms with Gasteiger partial charge in [0, 0.05) is 12.0 Å². The minimum absolute atomic E-state index is 0.349. The van der Waals surface area contributed by atoms with Crippen molar-refractivity contribution < 1.29 is 9.13 Å². The Morgan fingerprint density at radius 3 is 2.87 bits per heavy atom. The van der Waals surface area contributed by atoms with E-state index in [0.29, 0.717) is 24.9 Å². The first kappa shape index (κ1) is 11.9. The van der Waals surface area contributed by atoms with Crippen LogP contribution in [0.25, 0.3) is 0 Å². The number of ether oxygens (including phenoxy) is 1. The minimum Gasteiger partial charge on any atom is -0.477 e. The first-order chi connectivity index (χ1) is 7.26. The summed E-state index contributed by atoms with van der Waals surface area (Å²) in [6.45, 7) is 3.26. The van der Waals surface area contributed by atoms with E-state index in [-0.39, 0.29) is 5.82 Å². The van der Waals surface area contributed by atoms with Gasteiger partial charge < -0.3 is 10.5 Å². The van der Waals surface area contributed by atoms with Crippen LogP contribution in [0.15, 0.2) is 18.3 Å². The third-order valence-electron chi connectivity index (χ3n) is 2.20. The normalized spacial score (nSPS) is 12.5. The molecule has 0 aromatic carbocycles. The van der Waals surface area contributed by atoms with E-state index >= 15 is 0 Å². The van der Waals surface area contributed by atoms with Crippen molar-refractivity contribution in [2.75, 3.05) is 13.2 Å². The maximum absolute atomic E-state index is 12.5. The summed E-state index contributed by atoms with van der Waals surface area (Å²) in [5.74, 6) is 0.444. The number of hydrogen-bond donors (Lipinski definition) is 1. The van der Waals surface area contributed by atoms with Gasteiger partial charge in [-0.2, -0.15) is 0 Å². The Kier molecular flexibility index (Phi) is 5.04. The molecule has 1 heterocycles. The number of hydrogen-bond acceptors (Lipinski definition) is 3. The van der Waals surface area contributed by atoms with Gasteiger partial charge in [0.05, 0.1) is 12.8 Å². The van der Waals surface area contributed by atoms with Gasteiger partial charge in [-0.15, -0.1) is 0 Å². The molecule has 0 radical (unpaired) electrons. The van der Waals surface area contributed by atoms with Crippen LogP contribution in [0.2, 0.25) is 0 Å². The average Bonchev–Trinajstić information content (AvgIpc) is 2.26. The van der Waals surface area contributed by atoms with Crippen LogP contribution in [0.5, 0.6) is 5.88 Å². The van der Waals surface area contributed by atoms with Crippen molar-refractivity contribution >= 4 is 0 Å². The van der Waals surface area contributed by atoms with Crippen LogP contribution >= 0.6 is 0 Å². The topological polar surface area (TPSA) is 48.1 Å².